The van der Waals surface area contributed by atoms with Crippen LogP contribution in [-0.2, 0) is 10.0 Å². The molecule has 2 aromatic carbocycles. The Labute approximate surface area is 209 Å². The Morgan fingerprint density at radius 2 is 1.58 bits per heavy atom. The molecule has 2 aromatic rings. The predicted molar refractivity (Wildman–Crippen MR) is 137 cm³/mol. The molecule has 0 amide bonds. The minimum Gasteiger partial charge on any atom is -0.368 e. The fourth-order valence-electron chi connectivity index (χ4n) is 3.90. The number of nitrogens with one attached hydrogen (secondary N) is 1. The lowest BCUT2D eigenvalue weighted by molar-refractivity contribution is -0.385. The first-order valence-corrected chi connectivity index (χ1v) is 12.8. The summed E-state index contributed by atoms with van der Waals surface area (Å²) in [5, 5.41) is 26.8. The summed E-state index contributed by atoms with van der Waals surface area (Å²) in [6.07, 6.45) is 1.38. The molecule has 14 heteroatoms. The van der Waals surface area contributed by atoms with Crippen LogP contribution in [0.25, 0.3) is 0 Å². The zero-order valence-electron chi connectivity index (χ0n) is 20.3. The largest absolute Gasteiger partial charge is 0.368 e. The number of sulfonamides is 1. The van der Waals surface area contributed by atoms with E-state index in [1.54, 1.807) is 19.9 Å². The van der Waals surface area contributed by atoms with Gasteiger partial charge < -0.3 is 9.80 Å². The Hall–Kier alpha value is -3.62. The lowest BCUT2D eigenvalue weighted by atomic mass is 10.1. The van der Waals surface area contributed by atoms with E-state index in [9.17, 15) is 28.6 Å². The molecule has 0 spiro atoms. The minimum absolute atomic E-state index is 0.0512. The van der Waals surface area contributed by atoms with Gasteiger partial charge in [-0.3, -0.25) is 25.7 Å². The van der Waals surface area contributed by atoms with E-state index in [-0.39, 0.29) is 35.0 Å². The van der Waals surface area contributed by atoms with Gasteiger partial charge in [0.15, 0.2) is 0 Å². The molecule has 36 heavy (non-hydrogen) atoms. The molecule has 0 aromatic heterocycles. The van der Waals surface area contributed by atoms with Crippen LogP contribution in [0.3, 0.4) is 0 Å². The molecule has 1 aliphatic heterocycles. The van der Waals surface area contributed by atoms with Gasteiger partial charge in [0.25, 0.3) is 11.4 Å². The minimum atomic E-state index is -4.04. The quantitative estimate of drug-likeness (QED) is 0.283. The number of nitrogens with zero attached hydrogens (tertiary/aromatic N) is 6. The summed E-state index contributed by atoms with van der Waals surface area (Å²) < 4.78 is 27.5. The smallest absolute Gasteiger partial charge is 0.270 e. The second-order valence-corrected chi connectivity index (χ2v) is 10.1. The zero-order valence-corrected chi connectivity index (χ0v) is 21.1. The van der Waals surface area contributed by atoms with Crippen LogP contribution in [0.15, 0.2) is 46.4 Å². The van der Waals surface area contributed by atoms with Gasteiger partial charge in [0.05, 0.1) is 21.7 Å². The molecule has 0 unspecified atom stereocenters. The number of non-ortho nitro benzene ring substituents is 2. The number of hydrogen-bond acceptors (Lipinski definition) is 10. The van der Waals surface area contributed by atoms with Crippen molar-refractivity contribution in [2.45, 2.75) is 18.7 Å². The molecule has 1 N–H and O–H groups in total. The van der Waals surface area contributed by atoms with Crippen molar-refractivity contribution in [3.05, 3.63) is 62.2 Å². The number of benzene rings is 2. The molecule has 3 rings (SSSR count). The summed E-state index contributed by atoms with van der Waals surface area (Å²) in [6.45, 7) is 6.85. The van der Waals surface area contributed by atoms with Crippen molar-refractivity contribution in [1.29, 1.82) is 0 Å². The lowest BCUT2D eigenvalue weighted by Crippen LogP contribution is -2.44. The highest BCUT2D eigenvalue weighted by molar-refractivity contribution is 7.89. The molecule has 1 aliphatic rings. The number of hydrazone groups is 1. The number of rotatable bonds is 10. The standard InChI is InChI=1S/C22H29N7O6S/c1-4-27(5-2)36(34,35)22-15-19(29(32)33)6-8-20(22)24-23-16-17-14-18(28(30)31)7-9-21(17)26-12-10-25(3)11-13-26/h6-9,14-16,24H,4-5,10-13H2,1-3H3. The predicted octanol–water partition coefficient (Wildman–Crippen LogP) is 2.73. The number of piperazine rings is 1. The van der Waals surface area contributed by atoms with E-state index in [0.717, 1.165) is 37.9 Å². The maximum absolute atomic E-state index is 13.2. The molecule has 0 aliphatic carbocycles. The molecule has 0 bridgehead atoms. The molecule has 13 nitrogen and oxygen atoms in total. The monoisotopic (exact) mass is 519 g/mol. The highest BCUT2D eigenvalue weighted by atomic mass is 32.2. The van der Waals surface area contributed by atoms with Crippen LogP contribution in [0.5, 0.6) is 0 Å². The Morgan fingerprint density at radius 1 is 1.00 bits per heavy atom. The Morgan fingerprint density at radius 3 is 2.17 bits per heavy atom. The van der Waals surface area contributed by atoms with Crippen molar-refractivity contribution in [3.63, 3.8) is 0 Å². The number of hydrogen-bond donors (Lipinski definition) is 1. The van der Waals surface area contributed by atoms with Crippen molar-refractivity contribution >= 4 is 39.0 Å². The third-order valence-electron chi connectivity index (χ3n) is 5.95. The SMILES string of the molecule is CCN(CC)S(=O)(=O)c1cc([N+](=O)[O-])ccc1NN=Cc1cc([N+](=O)[O-])ccc1N1CCN(C)CC1. The van der Waals surface area contributed by atoms with Gasteiger partial charge >= 0.3 is 0 Å². The summed E-state index contributed by atoms with van der Waals surface area (Å²) in [5.74, 6) is 0. The van der Waals surface area contributed by atoms with E-state index in [1.807, 2.05) is 7.05 Å². The Kier molecular flexibility index (Phi) is 8.55. The van der Waals surface area contributed by atoms with E-state index in [1.165, 1.54) is 34.8 Å². The molecule has 0 saturated carbocycles. The highest BCUT2D eigenvalue weighted by Crippen LogP contribution is 2.30. The molecular formula is C22H29N7O6S. The van der Waals surface area contributed by atoms with Crippen molar-refractivity contribution < 1.29 is 18.3 Å². The average molecular weight is 520 g/mol. The maximum Gasteiger partial charge on any atom is 0.270 e. The maximum atomic E-state index is 13.2. The van der Waals surface area contributed by atoms with Crippen LogP contribution in [0.2, 0.25) is 0 Å². The van der Waals surface area contributed by atoms with Crippen LogP contribution in [0.4, 0.5) is 22.7 Å². The number of nitro benzene ring substituents is 2. The first-order valence-electron chi connectivity index (χ1n) is 11.4. The summed E-state index contributed by atoms with van der Waals surface area (Å²) in [6, 6.07) is 7.97. The van der Waals surface area contributed by atoms with Gasteiger partial charge in [0.2, 0.25) is 10.0 Å². The summed E-state index contributed by atoms with van der Waals surface area (Å²) in [5.41, 5.74) is 3.49. The van der Waals surface area contributed by atoms with Gasteiger partial charge in [-0.05, 0) is 19.2 Å². The number of likely N-dealkylation sites (N-methyl/N-ethyl adjacent to an activating group) is 1. The van der Waals surface area contributed by atoms with Crippen LogP contribution < -0.4 is 10.3 Å². The first-order chi connectivity index (χ1) is 17.1. The van der Waals surface area contributed by atoms with E-state index in [0.29, 0.717) is 5.56 Å². The van der Waals surface area contributed by atoms with Crippen molar-refractivity contribution in [1.82, 2.24) is 9.21 Å². The van der Waals surface area contributed by atoms with Gasteiger partial charge in [-0.15, -0.1) is 0 Å². The molecular weight excluding hydrogens is 490 g/mol. The van der Waals surface area contributed by atoms with Crippen molar-refractivity contribution in [2.75, 3.05) is 56.6 Å². The average Bonchev–Trinajstić information content (AvgIpc) is 2.85. The summed E-state index contributed by atoms with van der Waals surface area (Å²) in [7, 11) is -2.02. The molecule has 0 atom stereocenters. The molecule has 1 saturated heterocycles. The Balaban J connectivity index is 1.98. The molecule has 1 fully saturated rings. The van der Waals surface area contributed by atoms with Crippen LogP contribution >= 0.6 is 0 Å². The van der Waals surface area contributed by atoms with Gasteiger partial charge in [0, 0.05) is 74.8 Å². The van der Waals surface area contributed by atoms with Crippen LogP contribution in [0.1, 0.15) is 19.4 Å². The topological polar surface area (TPSA) is 155 Å². The van der Waals surface area contributed by atoms with E-state index < -0.39 is 19.9 Å². The van der Waals surface area contributed by atoms with Crippen LogP contribution in [0, 0.1) is 20.2 Å². The van der Waals surface area contributed by atoms with Crippen molar-refractivity contribution in [2.24, 2.45) is 5.10 Å². The molecule has 1 heterocycles. The molecule has 0 radical (unpaired) electrons. The van der Waals surface area contributed by atoms with Gasteiger partial charge in [-0.25, -0.2) is 8.42 Å². The highest BCUT2D eigenvalue weighted by Gasteiger charge is 2.27. The number of nitro groups is 2. The lowest BCUT2D eigenvalue weighted by Gasteiger charge is -2.34. The van der Waals surface area contributed by atoms with Gasteiger partial charge in [0.1, 0.15) is 4.90 Å². The van der Waals surface area contributed by atoms with Gasteiger partial charge in [-0.1, -0.05) is 13.8 Å². The second-order valence-electron chi connectivity index (χ2n) is 8.19. The fraction of sp³-hybridized carbons (Fsp3) is 0.409. The van der Waals surface area contributed by atoms with Gasteiger partial charge in [-0.2, -0.15) is 9.41 Å². The van der Waals surface area contributed by atoms with Crippen LogP contribution in [-0.4, -0.2) is 80.0 Å². The molecule has 194 valence electrons. The van der Waals surface area contributed by atoms with Crippen molar-refractivity contribution in [3.8, 4) is 0 Å². The van der Waals surface area contributed by atoms with E-state index >= 15 is 0 Å². The first kappa shape index (κ1) is 27.0. The second kappa shape index (κ2) is 11.4. The number of anilines is 2. The zero-order chi connectivity index (χ0) is 26.5. The van der Waals surface area contributed by atoms with E-state index in [4.69, 9.17) is 0 Å². The Bertz CT molecular complexity index is 1260. The fourth-order valence-corrected chi connectivity index (χ4v) is 5.52. The van der Waals surface area contributed by atoms with E-state index in [2.05, 4.69) is 20.3 Å². The third-order valence-corrected chi connectivity index (χ3v) is 8.04. The third kappa shape index (κ3) is 5.95. The summed E-state index contributed by atoms with van der Waals surface area (Å²) in [4.78, 5) is 25.5. The normalized spacial score (nSPS) is 14.9. The summed E-state index contributed by atoms with van der Waals surface area (Å²) >= 11 is 0.